The summed E-state index contributed by atoms with van der Waals surface area (Å²) in [4.78, 5) is 13.7. The molecule has 1 unspecified atom stereocenters. The van der Waals surface area contributed by atoms with Crippen molar-refractivity contribution in [1.82, 2.24) is 10.2 Å². The molecule has 1 rings (SSSR count). The van der Waals surface area contributed by atoms with Gasteiger partial charge in [0.25, 0.3) is 0 Å². The molecule has 84 valence electrons. The molecule has 0 aromatic carbocycles. The molecule has 15 heavy (non-hydrogen) atoms. The van der Waals surface area contributed by atoms with E-state index in [4.69, 9.17) is 11.2 Å². The average Bonchev–Trinajstić information content (AvgIpc) is 2.29. The van der Waals surface area contributed by atoms with Crippen molar-refractivity contribution in [3.05, 3.63) is 0 Å². The molecule has 0 aromatic rings. The van der Waals surface area contributed by atoms with E-state index in [2.05, 4.69) is 16.1 Å². The van der Waals surface area contributed by atoms with Gasteiger partial charge in [0.2, 0.25) is 5.91 Å². The van der Waals surface area contributed by atoms with E-state index in [9.17, 15) is 4.79 Å². The number of rotatable bonds is 4. The predicted octanol–water partition coefficient (Wildman–Crippen LogP) is -0.153. The fourth-order valence-corrected chi connectivity index (χ4v) is 1.70. The van der Waals surface area contributed by atoms with Gasteiger partial charge in [0.05, 0.1) is 13.2 Å². The second-order valence-corrected chi connectivity index (χ2v) is 3.55. The Morgan fingerprint density at radius 2 is 2.53 bits per heavy atom. The zero-order valence-electron chi connectivity index (χ0n) is 9.16. The van der Waals surface area contributed by atoms with Crippen LogP contribution in [0.25, 0.3) is 0 Å². The number of morpholine rings is 1. The molecule has 1 aliphatic heterocycles. The predicted molar refractivity (Wildman–Crippen MR) is 58.3 cm³/mol. The molecule has 0 saturated carbocycles. The lowest BCUT2D eigenvalue weighted by atomic mass is 10.2. The molecule has 1 amide bonds. The molecule has 1 aliphatic rings. The number of hydrogen-bond donors (Lipinski definition) is 1. The van der Waals surface area contributed by atoms with Crippen molar-refractivity contribution < 1.29 is 9.53 Å². The van der Waals surface area contributed by atoms with E-state index >= 15 is 0 Å². The van der Waals surface area contributed by atoms with Crippen LogP contribution in [-0.2, 0) is 9.53 Å². The summed E-state index contributed by atoms with van der Waals surface area (Å²) in [7, 11) is 1.65. The molecular formula is C11H18N2O2. The van der Waals surface area contributed by atoms with Crippen molar-refractivity contribution in [2.24, 2.45) is 0 Å². The van der Waals surface area contributed by atoms with Crippen LogP contribution >= 0.6 is 0 Å². The van der Waals surface area contributed by atoms with Crippen LogP contribution in [0, 0.1) is 12.3 Å². The number of hydrogen-bond acceptors (Lipinski definition) is 3. The standard InChI is InChI=1S/C11H18N2O2/c1-3-4-5-6-13-7-8-15-9-10(13)11(14)12-2/h1,10H,4-9H2,2H3,(H,12,14). The lowest BCUT2D eigenvalue weighted by Gasteiger charge is -2.34. The van der Waals surface area contributed by atoms with Crippen molar-refractivity contribution in [3.8, 4) is 12.3 Å². The number of ether oxygens (including phenoxy) is 1. The fourth-order valence-electron chi connectivity index (χ4n) is 1.70. The van der Waals surface area contributed by atoms with Crippen molar-refractivity contribution in [1.29, 1.82) is 0 Å². The molecule has 0 spiro atoms. The van der Waals surface area contributed by atoms with Gasteiger partial charge in [-0.05, 0) is 6.42 Å². The Morgan fingerprint density at radius 1 is 1.73 bits per heavy atom. The van der Waals surface area contributed by atoms with Crippen LogP contribution in [0.2, 0.25) is 0 Å². The summed E-state index contributed by atoms with van der Waals surface area (Å²) in [6.45, 7) is 2.85. The van der Waals surface area contributed by atoms with E-state index in [-0.39, 0.29) is 11.9 Å². The highest BCUT2D eigenvalue weighted by Crippen LogP contribution is 2.08. The first-order chi connectivity index (χ1) is 7.29. The van der Waals surface area contributed by atoms with Crippen LogP contribution in [0.5, 0.6) is 0 Å². The number of terminal acetylenes is 1. The first kappa shape index (κ1) is 12.0. The molecule has 1 N–H and O–H groups in total. The molecule has 0 bridgehead atoms. The summed E-state index contributed by atoms with van der Waals surface area (Å²) >= 11 is 0. The minimum atomic E-state index is -0.151. The Labute approximate surface area is 91.0 Å². The zero-order chi connectivity index (χ0) is 11.1. The summed E-state index contributed by atoms with van der Waals surface area (Å²) in [6.07, 6.45) is 6.89. The number of carbonyl (C=O) groups is 1. The van der Waals surface area contributed by atoms with Gasteiger partial charge in [-0.15, -0.1) is 12.3 Å². The van der Waals surface area contributed by atoms with E-state index in [1.165, 1.54) is 0 Å². The second-order valence-electron chi connectivity index (χ2n) is 3.55. The molecule has 1 atom stereocenters. The van der Waals surface area contributed by atoms with E-state index in [0.29, 0.717) is 13.2 Å². The van der Waals surface area contributed by atoms with Gasteiger partial charge in [-0.3, -0.25) is 9.69 Å². The lowest BCUT2D eigenvalue weighted by molar-refractivity contribution is -0.132. The van der Waals surface area contributed by atoms with E-state index < -0.39 is 0 Å². The molecule has 1 fully saturated rings. The maximum absolute atomic E-state index is 11.5. The zero-order valence-corrected chi connectivity index (χ0v) is 9.16. The lowest BCUT2D eigenvalue weighted by Crippen LogP contribution is -2.53. The van der Waals surface area contributed by atoms with Crippen molar-refractivity contribution in [2.75, 3.05) is 33.4 Å². The van der Waals surface area contributed by atoms with E-state index in [0.717, 1.165) is 25.9 Å². The van der Waals surface area contributed by atoms with Gasteiger partial charge in [-0.1, -0.05) is 0 Å². The summed E-state index contributed by atoms with van der Waals surface area (Å²) in [5.41, 5.74) is 0. The summed E-state index contributed by atoms with van der Waals surface area (Å²) < 4.78 is 5.30. The average molecular weight is 210 g/mol. The quantitative estimate of drug-likeness (QED) is 0.518. The van der Waals surface area contributed by atoms with Gasteiger partial charge < -0.3 is 10.1 Å². The van der Waals surface area contributed by atoms with Crippen LogP contribution in [0.1, 0.15) is 12.8 Å². The number of nitrogens with one attached hydrogen (secondary N) is 1. The van der Waals surface area contributed by atoms with Crippen molar-refractivity contribution in [2.45, 2.75) is 18.9 Å². The minimum Gasteiger partial charge on any atom is -0.378 e. The summed E-state index contributed by atoms with van der Waals surface area (Å²) in [5, 5.41) is 2.65. The second kappa shape index (κ2) is 6.44. The molecule has 0 radical (unpaired) electrons. The van der Waals surface area contributed by atoms with Crippen LogP contribution in [0.4, 0.5) is 0 Å². The van der Waals surface area contributed by atoms with Crippen molar-refractivity contribution >= 4 is 5.91 Å². The molecule has 0 aromatic heterocycles. The van der Waals surface area contributed by atoms with Crippen LogP contribution in [0.3, 0.4) is 0 Å². The third-order valence-corrected chi connectivity index (χ3v) is 2.55. The number of likely N-dealkylation sites (N-methyl/N-ethyl adjacent to an activating group) is 1. The molecular weight excluding hydrogens is 192 g/mol. The topological polar surface area (TPSA) is 41.6 Å². The van der Waals surface area contributed by atoms with Crippen LogP contribution in [-0.4, -0.2) is 50.2 Å². The van der Waals surface area contributed by atoms with Gasteiger partial charge in [0.1, 0.15) is 6.04 Å². The van der Waals surface area contributed by atoms with E-state index in [1.54, 1.807) is 7.05 Å². The summed E-state index contributed by atoms with van der Waals surface area (Å²) in [6, 6.07) is -0.151. The first-order valence-corrected chi connectivity index (χ1v) is 5.26. The monoisotopic (exact) mass is 210 g/mol. The highest BCUT2D eigenvalue weighted by Gasteiger charge is 2.27. The van der Waals surface area contributed by atoms with Crippen LogP contribution < -0.4 is 5.32 Å². The highest BCUT2D eigenvalue weighted by atomic mass is 16.5. The maximum atomic E-state index is 11.5. The third-order valence-electron chi connectivity index (χ3n) is 2.55. The smallest absolute Gasteiger partial charge is 0.239 e. The fraction of sp³-hybridized carbons (Fsp3) is 0.727. The Hall–Kier alpha value is -1.05. The maximum Gasteiger partial charge on any atom is 0.239 e. The molecule has 1 heterocycles. The number of nitrogens with zero attached hydrogens (tertiary/aromatic N) is 1. The largest absolute Gasteiger partial charge is 0.378 e. The first-order valence-electron chi connectivity index (χ1n) is 5.26. The molecule has 4 nitrogen and oxygen atoms in total. The van der Waals surface area contributed by atoms with Gasteiger partial charge in [0, 0.05) is 26.6 Å². The number of unbranched alkanes of at least 4 members (excludes halogenated alkanes) is 1. The molecule has 4 heteroatoms. The van der Waals surface area contributed by atoms with Crippen molar-refractivity contribution in [3.63, 3.8) is 0 Å². The third kappa shape index (κ3) is 3.54. The Bertz CT molecular complexity index is 247. The van der Waals surface area contributed by atoms with Gasteiger partial charge in [0.15, 0.2) is 0 Å². The van der Waals surface area contributed by atoms with Gasteiger partial charge >= 0.3 is 0 Å². The Kier molecular flexibility index (Phi) is 5.16. The van der Waals surface area contributed by atoms with Gasteiger partial charge in [-0.2, -0.15) is 0 Å². The summed E-state index contributed by atoms with van der Waals surface area (Å²) in [5.74, 6) is 2.63. The SMILES string of the molecule is C#CCCCN1CCOCC1C(=O)NC. The highest BCUT2D eigenvalue weighted by molar-refractivity contribution is 5.81. The van der Waals surface area contributed by atoms with Crippen LogP contribution in [0.15, 0.2) is 0 Å². The Morgan fingerprint density at radius 3 is 3.20 bits per heavy atom. The number of carbonyl (C=O) groups excluding carboxylic acids is 1. The number of amides is 1. The normalized spacial score (nSPS) is 22.0. The molecule has 0 aliphatic carbocycles. The Balaban J connectivity index is 2.43. The minimum absolute atomic E-state index is 0.0235. The van der Waals surface area contributed by atoms with Gasteiger partial charge in [-0.25, -0.2) is 0 Å². The van der Waals surface area contributed by atoms with E-state index in [1.807, 2.05) is 0 Å². The molecule has 1 saturated heterocycles.